The van der Waals surface area contributed by atoms with Crippen molar-refractivity contribution in [1.29, 1.82) is 0 Å². The fraction of sp³-hybridized carbons (Fsp3) is 0.874. The first-order valence-corrected chi connectivity index (χ1v) is 42.0. The molecule has 0 spiro atoms. The summed E-state index contributed by atoms with van der Waals surface area (Å²) >= 11 is 0. The molecule has 1 aliphatic rings. The Hall–Kier alpha value is -2.83. The number of ether oxygens (including phenoxy) is 3. The summed E-state index contributed by atoms with van der Waals surface area (Å²) in [6.45, 7) is 15.6. The van der Waals surface area contributed by atoms with Crippen LogP contribution in [0.2, 0.25) is 0 Å². The van der Waals surface area contributed by atoms with Crippen molar-refractivity contribution in [3.05, 3.63) is 48.6 Å². The van der Waals surface area contributed by atoms with Crippen molar-refractivity contribution < 1.29 is 28.6 Å². The Morgan fingerprint density at radius 3 is 0.777 bits per heavy atom. The fourth-order valence-corrected chi connectivity index (χ4v) is 13.9. The molecule has 0 aromatic rings. The fourth-order valence-electron chi connectivity index (χ4n) is 13.9. The van der Waals surface area contributed by atoms with Gasteiger partial charge in [-0.2, -0.15) is 0 Å². The molecule has 1 fully saturated rings. The molecule has 0 N–H and O–H groups in total. The Morgan fingerprint density at radius 2 is 0.532 bits per heavy atom. The monoisotopic (exact) mass is 1320 g/mol. The second-order valence-corrected chi connectivity index (χ2v) is 30.5. The average molecular weight is 1320 g/mol. The van der Waals surface area contributed by atoms with E-state index in [9.17, 15) is 14.4 Å². The number of unbranched alkanes of at least 4 members (excludes halogenated alkanes) is 48. The maximum absolute atomic E-state index is 14.2. The van der Waals surface area contributed by atoms with Crippen molar-refractivity contribution in [1.82, 2.24) is 4.90 Å². The zero-order chi connectivity index (χ0) is 68.2. The average Bonchev–Trinajstić information content (AvgIpc) is 1.77. The highest BCUT2D eigenvalue weighted by Crippen LogP contribution is 2.33. The molecule has 7 nitrogen and oxygen atoms in total. The van der Waals surface area contributed by atoms with E-state index in [0.717, 1.165) is 89.9 Å². The second kappa shape index (κ2) is 68.7. The van der Waals surface area contributed by atoms with Crippen LogP contribution in [0.1, 0.15) is 447 Å². The molecule has 94 heavy (non-hydrogen) atoms. The molecule has 0 aromatic carbocycles. The Morgan fingerprint density at radius 1 is 0.319 bits per heavy atom. The molecule has 2 unspecified atom stereocenters. The molecule has 0 aromatic heterocycles. The van der Waals surface area contributed by atoms with E-state index in [2.05, 4.69) is 76.3 Å². The van der Waals surface area contributed by atoms with E-state index in [0.29, 0.717) is 13.1 Å². The molecular formula is C87H161NO6. The van der Waals surface area contributed by atoms with Gasteiger partial charge in [0.15, 0.2) is 0 Å². The van der Waals surface area contributed by atoms with Crippen molar-refractivity contribution in [2.24, 2.45) is 11.8 Å². The molecule has 0 saturated carbocycles. The van der Waals surface area contributed by atoms with Crippen LogP contribution in [-0.2, 0) is 23.8 Å². The van der Waals surface area contributed by atoms with E-state index < -0.39 is 5.60 Å². The summed E-state index contributed by atoms with van der Waals surface area (Å²) < 4.78 is 18.9. The zero-order valence-corrected chi connectivity index (χ0v) is 64.1. The summed E-state index contributed by atoms with van der Waals surface area (Å²) in [5, 5.41) is 0. The van der Waals surface area contributed by atoms with E-state index in [1.807, 2.05) is 20.8 Å². The normalized spacial score (nSPS) is 14.7. The number of carbonyl (C=O) groups is 3. The van der Waals surface area contributed by atoms with Gasteiger partial charge in [0.25, 0.3) is 0 Å². The number of hydrogen-bond acceptors (Lipinski definition) is 6. The van der Waals surface area contributed by atoms with Crippen LogP contribution >= 0.6 is 0 Å². The van der Waals surface area contributed by atoms with Crippen molar-refractivity contribution in [2.75, 3.05) is 13.1 Å². The van der Waals surface area contributed by atoms with Crippen molar-refractivity contribution in [2.45, 2.75) is 464 Å². The van der Waals surface area contributed by atoms with Crippen LogP contribution in [0.5, 0.6) is 0 Å². The van der Waals surface area contributed by atoms with Gasteiger partial charge in [-0.3, -0.25) is 9.59 Å². The van der Waals surface area contributed by atoms with Gasteiger partial charge in [0.2, 0.25) is 0 Å². The minimum absolute atomic E-state index is 0.0857. The molecule has 0 bridgehead atoms. The van der Waals surface area contributed by atoms with Crippen LogP contribution in [0.4, 0.5) is 4.79 Å². The molecular weight excluding hydrogens is 1150 g/mol. The Labute approximate surface area is 586 Å². The van der Waals surface area contributed by atoms with Gasteiger partial charge in [0, 0.05) is 13.1 Å². The summed E-state index contributed by atoms with van der Waals surface area (Å²) in [6, 6.07) is 0. The standard InChI is InChI=1S/C87H161NO6/c1-8-12-16-20-24-28-32-36-40-44-48-52-56-60-64-68-72-82(73-69-65-61-57-53-49-45-41-37-33-29-25-21-17-13-9-2)92-84(89)76-80-78-88(86(91)94-87(5,6)7)79-81(80)77-85(90)93-83(74-70-66-62-58-54-50-46-42-38-34-30-26-22-18-14-10-3)75-71-67-63-59-55-51-47-43-39-35-31-27-23-19-15-11-4/h24-25,28-29,36-37,40-41,80-83H,8-23,26-27,30-35,38-39,42-79H2,1-7H3/b28-24-,29-25-,40-36-,41-37-. The summed E-state index contributed by atoms with van der Waals surface area (Å²) in [6.07, 6.45) is 94.2. The number of nitrogens with zero attached hydrogens (tertiary/aromatic N) is 1. The number of esters is 2. The van der Waals surface area contributed by atoms with Crippen LogP contribution in [0.25, 0.3) is 0 Å². The van der Waals surface area contributed by atoms with E-state index in [-0.39, 0.29) is 54.9 Å². The highest BCUT2D eigenvalue weighted by molar-refractivity contribution is 5.73. The number of hydrogen-bond donors (Lipinski definition) is 0. The van der Waals surface area contributed by atoms with E-state index in [4.69, 9.17) is 14.2 Å². The summed E-state index contributed by atoms with van der Waals surface area (Å²) in [7, 11) is 0. The maximum atomic E-state index is 14.2. The summed E-state index contributed by atoms with van der Waals surface area (Å²) in [5.74, 6) is -0.765. The molecule has 7 heteroatoms. The van der Waals surface area contributed by atoms with Crippen molar-refractivity contribution in [3.63, 3.8) is 0 Å². The number of allylic oxidation sites excluding steroid dienone is 8. The first-order chi connectivity index (χ1) is 46.0. The lowest BCUT2D eigenvalue weighted by Crippen LogP contribution is -2.35. The summed E-state index contributed by atoms with van der Waals surface area (Å²) in [5.41, 5.74) is -0.646. The van der Waals surface area contributed by atoms with Gasteiger partial charge in [-0.1, -0.05) is 346 Å². The number of likely N-dealkylation sites (tertiary alicyclic amines) is 1. The largest absolute Gasteiger partial charge is 0.462 e. The molecule has 1 aliphatic heterocycles. The minimum Gasteiger partial charge on any atom is -0.462 e. The van der Waals surface area contributed by atoms with Crippen LogP contribution < -0.4 is 0 Å². The first-order valence-electron chi connectivity index (χ1n) is 42.0. The number of amides is 1. The van der Waals surface area contributed by atoms with Crippen molar-refractivity contribution in [3.8, 4) is 0 Å². The van der Waals surface area contributed by atoms with Crippen LogP contribution in [0.15, 0.2) is 48.6 Å². The highest BCUT2D eigenvalue weighted by atomic mass is 16.6. The molecule has 1 saturated heterocycles. The van der Waals surface area contributed by atoms with Gasteiger partial charge in [-0.05, 0) is 148 Å². The Balaban J connectivity index is 2.93. The first kappa shape index (κ1) is 89.2. The van der Waals surface area contributed by atoms with Crippen LogP contribution in [0.3, 0.4) is 0 Å². The van der Waals surface area contributed by atoms with Gasteiger partial charge in [-0.25, -0.2) is 4.79 Å². The second-order valence-electron chi connectivity index (χ2n) is 30.5. The van der Waals surface area contributed by atoms with Gasteiger partial charge in [-0.15, -0.1) is 0 Å². The van der Waals surface area contributed by atoms with E-state index >= 15 is 0 Å². The molecule has 0 aliphatic carbocycles. The lowest BCUT2D eigenvalue weighted by Gasteiger charge is -2.24. The number of rotatable bonds is 70. The predicted molar refractivity (Wildman–Crippen MR) is 410 cm³/mol. The molecule has 0 radical (unpaired) electrons. The quantitative estimate of drug-likeness (QED) is 0.0261. The van der Waals surface area contributed by atoms with Crippen LogP contribution in [0, 0.1) is 11.8 Å². The summed E-state index contributed by atoms with van der Waals surface area (Å²) in [4.78, 5) is 43.9. The molecule has 1 rings (SSSR count). The lowest BCUT2D eigenvalue weighted by molar-refractivity contribution is -0.154. The number of carbonyl (C=O) groups excluding carboxylic acids is 3. The molecule has 1 amide bonds. The molecule has 550 valence electrons. The zero-order valence-electron chi connectivity index (χ0n) is 64.1. The minimum atomic E-state index is -0.646. The Bertz CT molecular complexity index is 1680. The van der Waals surface area contributed by atoms with Crippen LogP contribution in [-0.4, -0.2) is 53.8 Å². The molecule has 2 atom stereocenters. The topological polar surface area (TPSA) is 82.1 Å². The van der Waals surface area contributed by atoms with Gasteiger partial charge < -0.3 is 19.1 Å². The third-order valence-electron chi connectivity index (χ3n) is 19.9. The highest BCUT2D eigenvalue weighted by Gasteiger charge is 2.40. The van der Waals surface area contributed by atoms with E-state index in [1.54, 1.807) is 4.90 Å². The third kappa shape index (κ3) is 61.5. The van der Waals surface area contributed by atoms with E-state index in [1.165, 1.54) is 295 Å². The maximum Gasteiger partial charge on any atom is 0.410 e. The van der Waals surface area contributed by atoms with Crippen molar-refractivity contribution >= 4 is 18.0 Å². The van der Waals surface area contributed by atoms with Gasteiger partial charge in [0.1, 0.15) is 17.8 Å². The SMILES string of the molecule is CCCCC/C=C\C/C=C\CCCCCCCCC(CCCCCCCC/C=C\C/C=C\CCCCC)OC(=O)CC1CN(C(=O)OC(C)(C)C)CC1CC(=O)OC(CCCCCCCCCCCCCCCCCC)CCCCCCCCCCCCCCCCCC. The van der Waals surface area contributed by atoms with Gasteiger partial charge in [0.05, 0.1) is 12.8 Å². The smallest absolute Gasteiger partial charge is 0.410 e. The third-order valence-corrected chi connectivity index (χ3v) is 19.9. The Kier molecular flexibility index (Phi) is 65.2. The lowest BCUT2D eigenvalue weighted by atomic mass is 9.90. The predicted octanol–water partition coefficient (Wildman–Crippen LogP) is 28.8. The van der Waals surface area contributed by atoms with Gasteiger partial charge >= 0.3 is 18.0 Å². The molecule has 1 heterocycles.